The molecule has 2 nitrogen and oxygen atoms in total. The van der Waals surface area contributed by atoms with Gasteiger partial charge in [-0.2, -0.15) is 0 Å². The number of nitrogens with two attached hydrogens (primary N) is 1. The molecule has 0 bridgehead atoms. The van der Waals surface area contributed by atoms with Crippen LogP contribution in [0.4, 0.5) is 4.39 Å². The van der Waals surface area contributed by atoms with Crippen LogP contribution >= 0.6 is 39.7 Å². The Labute approximate surface area is 128 Å². The van der Waals surface area contributed by atoms with Crippen molar-refractivity contribution < 1.29 is 9.13 Å². The van der Waals surface area contributed by atoms with Gasteiger partial charge >= 0.3 is 0 Å². The Kier molecular flexibility index (Phi) is 4.39. The highest BCUT2D eigenvalue weighted by Gasteiger charge is 2.09. The van der Waals surface area contributed by atoms with Gasteiger partial charge in [0.2, 0.25) is 0 Å². The van der Waals surface area contributed by atoms with Crippen molar-refractivity contribution in [1.82, 2.24) is 0 Å². The van der Waals surface area contributed by atoms with Crippen LogP contribution in [0.3, 0.4) is 0 Å². The van der Waals surface area contributed by atoms with Gasteiger partial charge in [-0.25, -0.2) is 4.39 Å². The van der Waals surface area contributed by atoms with E-state index in [0.29, 0.717) is 20.8 Å². The number of rotatable bonds is 3. The van der Waals surface area contributed by atoms with Gasteiger partial charge in [0.05, 0.1) is 5.02 Å². The van der Waals surface area contributed by atoms with Crippen molar-refractivity contribution in [3.63, 3.8) is 0 Å². The normalized spacial score (nSPS) is 10.3. The molecule has 98 valence electrons. The van der Waals surface area contributed by atoms with Gasteiger partial charge in [0.15, 0.2) is 11.6 Å². The van der Waals surface area contributed by atoms with E-state index in [1.165, 1.54) is 12.1 Å². The number of hydrogen-bond acceptors (Lipinski definition) is 2. The SMILES string of the molecule is NC(=S)c1ccc(Oc2cc(Br)ccc2F)c(Cl)c1. The lowest BCUT2D eigenvalue weighted by Crippen LogP contribution is -2.08. The van der Waals surface area contributed by atoms with Crippen LogP contribution in [0.2, 0.25) is 5.02 Å². The summed E-state index contributed by atoms with van der Waals surface area (Å²) in [5.74, 6) is -0.0595. The summed E-state index contributed by atoms with van der Waals surface area (Å²) in [5.41, 5.74) is 6.12. The van der Waals surface area contributed by atoms with Crippen molar-refractivity contribution >= 4 is 44.7 Å². The summed E-state index contributed by atoms with van der Waals surface area (Å²) >= 11 is 14.1. The molecule has 0 amide bonds. The highest BCUT2D eigenvalue weighted by Crippen LogP contribution is 2.32. The Morgan fingerprint density at radius 1 is 1.21 bits per heavy atom. The Balaban J connectivity index is 2.33. The second-order valence-electron chi connectivity index (χ2n) is 3.69. The van der Waals surface area contributed by atoms with Crippen LogP contribution < -0.4 is 10.5 Å². The van der Waals surface area contributed by atoms with Crippen LogP contribution in [-0.2, 0) is 0 Å². The lowest BCUT2D eigenvalue weighted by molar-refractivity contribution is 0.442. The van der Waals surface area contributed by atoms with E-state index in [1.807, 2.05) is 0 Å². The molecule has 0 aliphatic heterocycles. The van der Waals surface area contributed by atoms with Crippen molar-refractivity contribution in [1.29, 1.82) is 0 Å². The molecule has 2 rings (SSSR count). The molecule has 0 aliphatic carbocycles. The van der Waals surface area contributed by atoms with Gasteiger partial charge in [0.1, 0.15) is 10.7 Å². The summed E-state index contributed by atoms with van der Waals surface area (Å²) in [7, 11) is 0. The second kappa shape index (κ2) is 5.86. The van der Waals surface area contributed by atoms with E-state index in [0.717, 1.165) is 0 Å². The molecule has 0 fully saturated rings. The zero-order chi connectivity index (χ0) is 14.0. The number of halogens is 3. The van der Waals surface area contributed by atoms with E-state index in [-0.39, 0.29) is 10.7 Å². The smallest absolute Gasteiger partial charge is 0.165 e. The molecule has 0 radical (unpaired) electrons. The third-order valence-corrected chi connectivity index (χ3v) is 3.35. The first-order chi connectivity index (χ1) is 8.97. The standard InChI is InChI=1S/C13H8BrClFNOS/c14-8-2-3-10(16)12(6-8)18-11-4-1-7(13(17)19)5-9(11)15/h1-6H,(H2,17,19). The summed E-state index contributed by atoms with van der Waals surface area (Å²) in [4.78, 5) is 0.238. The van der Waals surface area contributed by atoms with Crippen LogP contribution in [0.1, 0.15) is 5.56 Å². The molecule has 0 atom stereocenters. The van der Waals surface area contributed by atoms with E-state index in [1.54, 1.807) is 24.3 Å². The monoisotopic (exact) mass is 359 g/mol. The van der Waals surface area contributed by atoms with Gasteiger partial charge in [-0.15, -0.1) is 0 Å². The molecule has 0 unspecified atom stereocenters. The molecule has 2 aromatic rings. The zero-order valence-corrected chi connectivity index (χ0v) is 12.7. The average molecular weight is 361 g/mol. The van der Waals surface area contributed by atoms with Crippen LogP contribution in [0, 0.1) is 5.82 Å². The molecule has 6 heteroatoms. The molecule has 0 saturated carbocycles. The highest BCUT2D eigenvalue weighted by atomic mass is 79.9. The van der Waals surface area contributed by atoms with Crippen LogP contribution in [0.5, 0.6) is 11.5 Å². The summed E-state index contributed by atoms with van der Waals surface area (Å²) in [5, 5.41) is 0.310. The fourth-order valence-electron chi connectivity index (χ4n) is 1.41. The first kappa shape index (κ1) is 14.2. The fraction of sp³-hybridized carbons (Fsp3) is 0. The van der Waals surface area contributed by atoms with E-state index >= 15 is 0 Å². The van der Waals surface area contributed by atoms with Gasteiger partial charge in [0, 0.05) is 10.0 Å². The van der Waals surface area contributed by atoms with Crippen LogP contribution in [-0.4, -0.2) is 4.99 Å². The lowest BCUT2D eigenvalue weighted by atomic mass is 10.2. The van der Waals surface area contributed by atoms with E-state index in [9.17, 15) is 4.39 Å². The van der Waals surface area contributed by atoms with Crippen LogP contribution in [0.15, 0.2) is 40.9 Å². The average Bonchev–Trinajstić information content (AvgIpc) is 2.36. The minimum Gasteiger partial charge on any atom is -0.453 e. The summed E-state index contributed by atoms with van der Waals surface area (Å²) in [6, 6.07) is 9.25. The van der Waals surface area contributed by atoms with Crippen molar-refractivity contribution in [3.8, 4) is 11.5 Å². The minimum absolute atomic E-state index is 0.0827. The van der Waals surface area contributed by atoms with Gasteiger partial charge in [-0.05, 0) is 36.4 Å². The van der Waals surface area contributed by atoms with Crippen molar-refractivity contribution in [2.45, 2.75) is 0 Å². The van der Waals surface area contributed by atoms with Gasteiger partial charge in [-0.1, -0.05) is 39.7 Å². The maximum atomic E-state index is 13.6. The first-order valence-corrected chi connectivity index (χ1v) is 6.77. The summed E-state index contributed by atoms with van der Waals surface area (Å²) in [6.07, 6.45) is 0. The topological polar surface area (TPSA) is 35.2 Å². The quantitative estimate of drug-likeness (QED) is 0.808. The van der Waals surface area contributed by atoms with E-state index < -0.39 is 5.82 Å². The zero-order valence-electron chi connectivity index (χ0n) is 9.49. The Bertz CT molecular complexity index is 651. The molecule has 2 aromatic carbocycles. The molecule has 2 N–H and O–H groups in total. The maximum absolute atomic E-state index is 13.6. The third-order valence-electron chi connectivity index (χ3n) is 2.33. The number of hydrogen-bond donors (Lipinski definition) is 1. The molecule has 19 heavy (non-hydrogen) atoms. The highest BCUT2D eigenvalue weighted by molar-refractivity contribution is 9.10. The fourth-order valence-corrected chi connectivity index (χ4v) is 2.10. The van der Waals surface area contributed by atoms with Crippen molar-refractivity contribution in [3.05, 3.63) is 57.3 Å². The van der Waals surface area contributed by atoms with E-state index in [4.69, 9.17) is 34.3 Å². The van der Waals surface area contributed by atoms with Gasteiger partial charge in [0.25, 0.3) is 0 Å². The predicted molar refractivity (Wildman–Crippen MR) is 81.5 cm³/mol. The molecule has 0 aromatic heterocycles. The first-order valence-electron chi connectivity index (χ1n) is 5.19. The van der Waals surface area contributed by atoms with Crippen molar-refractivity contribution in [2.24, 2.45) is 5.73 Å². The van der Waals surface area contributed by atoms with Crippen molar-refractivity contribution in [2.75, 3.05) is 0 Å². The molecule has 0 aliphatic rings. The van der Waals surface area contributed by atoms with E-state index in [2.05, 4.69) is 15.9 Å². The second-order valence-corrected chi connectivity index (χ2v) is 5.45. The Morgan fingerprint density at radius 3 is 2.58 bits per heavy atom. The maximum Gasteiger partial charge on any atom is 0.165 e. The minimum atomic E-state index is -0.474. The molecular weight excluding hydrogens is 353 g/mol. The number of benzene rings is 2. The predicted octanol–water partition coefficient (Wildman–Crippen LogP) is 4.67. The van der Waals surface area contributed by atoms with Crippen LogP contribution in [0.25, 0.3) is 0 Å². The Hall–Kier alpha value is -1.17. The molecular formula is C13H8BrClFNOS. The third kappa shape index (κ3) is 3.43. The number of thiocarbonyl (C=S) groups is 1. The Morgan fingerprint density at radius 2 is 1.95 bits per heavy atom. The largest absolute Gasteiger partial charge is 0.453 e. The van der Waals surface area contributed by atoms with Gasteiger partial charge < -0.3 is 10.5 Å². The lowest BCUT2D eigenvalue weighted by Gasteiger charge is -2.10. The molecule has 0 spiro atoms. The summed E-state index contributed by atoms with van der Waals surface area (Å²) < 4.78 is 19.7. The summed E-state index contributed by atoms with van der Waals surface area (Å²) in [6.45, 7) is 0. The molecule has 0 saturated heterocycles. The van der Waals surface area contributed by atoms with Gasteiger partial charge in [-0.3, -0.25) is 0 Å². The number of ether oxygens (including phenoxy) is 1. The molecule has 0 heterocycles.